The number of aromatic nitrogens is 1. The van der Waals surface area contributed by atoms with Gasteiger partial charge in [0.25, 0.3) is 0 Å². The van der Waals surface area contributed by atoms with Crippen molar-refractivity contribution in [2.24, 2.45) is 5.14 Å². The van der Waals surface area contributed by atoms with Crippen LogP contribution in [0, 0.1) is 0 Å². The fraction of sp³-hybridized carbons (Fsp3) is 0.150. The predicted octanol–water partition coefficient (Wildman–Crippen LogP) is 2.96. The van der Waals surface area contributed by atoms with Crippen molar-refractivity contribution in [2.75, 3.05) is 11.4 Å². The largest absolute Gasteiger partial charge is 0.366 e. The molecular formula is C20H19N3O2S. The highest BCUT2D eigenvalue weighted by Crippen LogP contribution is 2.38. The van der Waals surface area contributed by atoms with E-state index in [2.05, 4.69) is 28.1 Å². The Morgan fingerprint density at radius 3 is 2.42 bits per heavy atom. The van der Waals surface area contributed by atoms with Gasteiger partial charge >= 0.3 is 0 Å². The summed E-state index contributed by atoms with van der Waals surface area (Å²) in [6, 6.07) is 17.2. The second-order valence-electron chi connectivity index (χ2n) is 6.41. The molecule has 0 bridgehead atoms. The Hall–Kier alpha value is -2.70. The molecule has 1 aliphatic rings. The molecule has 0 saturated carbocycles. The van der Waals surface area contributed by atoms with Gasteiger partial charge in [-0.2, -0.15) is 0 Å². The van der Waals surface area contributed by atoms with Gasteiger partial charge in [0.1, 0.15) is 0 Å². The Labute approximate surface area is 153 Å². The lowest BCUT2D eigenvalue weighted by Crippen LogP contribution is -2.20. The number of rotatable bonds is 4. The molecule has 0 radical (unpaired) electrons. The van der Waals surface area contributed by atoms with Gasteiger partial charge in [0.2, 0.25) is 10.0 Å². The van der Waals surface area contributed by atoms with Crippen LogP contribution in [0.2, 0.25) is 0 Å². The maximum atomic E-state index is 11.4. The van der Waals surface area contributed by atoms with Crippen LogP contribution in [0.3, 0.4) is 0 Å². The molecule has 1 aliphatic heterocycles. The topological polar surface area (TPSA) is 76.3 Å². The van der Waals surface area contributed by atoms with E-state index >= 15 is 0 Å². The molecular weight excluding hydrogens is 346 g/mol. The number of sulfonamides is 1. The van der Waals surface area contributed by atoms with Gasteiger partial charge in [-0.1, -0.05) is 30.3 Å². The number of pyridine rings is 1. The second kappa shape index (κ2) is 6.55. The molecule has 0 aliphatic carbocycles. The summed E-state index contributed by atoms with van der Waals surface area (Å²) in [5.41, 5.74) is 5.97. The Morgan fingerprint density at radius 2 is 1.73 bits per heavy atom. The third-order valence-electron chi connectivity index (χ3n) is 4.70. The van der Waals surface area contributed by atoms with Gasteiger partial charge in [0.15, 0.2) is 0 Å². The van der Waals surface area contributed by atoms with Crippen molar-refractivity contribution in [3.8, 4) is 11.1 Å². The summed E-state index contributed by atoms with van der Waals surface area (Å²) >= 11 is 0. The number of benzene rings is 2. The van der Waals surface area contributed by atoms with Crippen LogP contribution in [0.15, 0.2) is 71.9 Å². The summed E-state index contributed by atoms with van der Waals surface area (Å²) in [4.78, 5) is 6.59. The average molecular weight is 365 g/mol. The van der Waals surface area contributed by atoms with Crippen molar-refractivity contribution in [3.63, 3.8) is 0 Å². The van der Waals surface area contributed by atoms with Crippen molar-refractivity contribution in [2.45, 2.75) is 17.9 Å². The van der Waals surface area contributed by atoms with Gasteiger partial charge < -0.3 is 4.90 Å². The van der Waals surface area contributed by atoms with Gasteiger partial charge in [-0.05, 0) is 47.4 Å². The van der Waals surface area contributed by atoms with Crippen molar-refractivity contribution >= 4 is 15.7 Å². The van der Waals surface area contributed by atoms with E-state index in [-0.39, 0.29) is 4.90 Å². The Balaban J connectivity index is 1.66. The Bertz CT molecular complexity index is 1030. The highest BCUT2D eigenvalue weighted by Gasteiger charge is 2.23. The van der Waals surface area contributed by atoms with Crippen molar-refractivity contribution in [1.82, 2.24) is 4.98 Å². The van der Waals surface area contributed by atoms with Crippen molar-refractivity contribution in [3.05, 3.63) is 78.1 Å². The van der Waals surface area contributed by atoms with Gasteiger partial charge in [-0.25, -0.2) is 13.6 Å². The van der Waals surface area contributed by atoms with E-state index in [9.17, 15) is 8.42 Å². The zero-order valence-electron chi connectivity index (χ0n) is 14.2. The standard InChI is InChI=1S/C20H19N3O2S/c21-26(24,25)18-6-4-15(5-7-18)14-23-13-10-17-2-1-3-19(20(17)23)16-8-11-22-12-9-16/h1-9,11-12H,10,13-14H2,(H2,21,24,25). The van der Waals surface area contributed by atoms with Crippen molar-refractivity contribution in [1.29, 1.82) is 0 Å². The van der Waals surface area contributed by atoms with Crippen LogP contribution in [0.25, 0.3) is 11.1 Å². The number of hydrogen-bond donors (Lipinski definition) is 1. The normalized spacial score (nSPS) is 13.7. The number of nitrogens with zero attached hydrogens (tertiary/aromatic N) is 2. The summed E-state index contributed by atoms with van der Waals surface area (Å²) < 4.78 is 22.8. The van der Waals surface area contributed by atoms with Gasteiger partial charge in [-0.3, -0.25) is 4.98 Å². The predicted molar refractivity (Wildman–Crippen MR) is 102 cm³/mol. The van der Waals surface area contributed by atoms with E-state index in [1.807, 2.05) is 24.3 Å². The molecule has 26 heavy (non-hydrogen) atoms. The first kappa shape index (κ1) is 16.8. The zero-order chi connectivity index (χ0) is 18.1. The fourth-order valence-electron chi connectivity index (χ4n) is 3.46. The summed E-state index contributed by atoms with van der Waals surface area (Å²) in [7, 11) is -3.66. The molecule has 0 saturated heterocycles. The molecule has 0 atom stereocenters. The molecule has 2 aromatic carbocycles. The van der Waals surface area contributed by atoms with E-state index in [0.717, 1.165) is 30.6 Å². The van der Waals surface area contributed by atoms with Crippen LogP contribution in [-0.4, -0.2) is 19.9 Å². The first-order valence-corrected chi connectivity index (χ1v) is 9.96. The summed E-state index contributed by atoms with van der Waals surface area (Å²) in [6.07, 6.45) is 4.61. The van der Waals surface area contributed by atoms with E-state index in [1.165, 1.54) is 16.8 Å². The number of para-hydroxylation sites is 1. The molecule has 0 unspecified atom stereocenters. The molecule has 1 aromatic heterocycles. The van der Waals surface area contributed by atoms with Crippen LogP contribution in [0.1, 0.15) is 11.1 Å². The minimum absolute atomic E-state index is 0.139. The molecule has 2 heterocycles. The van der Waals surface area contributed by atoms with E-state index < -0.39 is 10.0 Å². The second-order valence-corrected chi connectivity index (χ2v) is 7.97. The van der Waals surface area contributed by atoms with Gasteiger partial charge in [0, 0.05) is 36.7 Å². The molecule has 4 rings (SSSR count). The van der Waals surface area contributed by atoms with Crippen LogP contribution in [0.5, 0.6) is 0 Å². The lowest BCUT2D eigenvalue weighted by Gasteiger charge is -2.22. The number of nitrogens with two attached hydrogens (primary N) is 1. The van der Waals surface area contributed by atoms with E-state index in [4.69, 9.17) is 5.14 Å². The van der Waals surface area contributed by atoms with Gasteiger partial charge in [-0.15, -0.1) is 0 Å². The smallest absolute Gasteiger partial charge is 0.238 e. The van der Waals surface area contributed by atoms with Crippen LogP contribution >= 0.6 is 0 Å². The quantitative estimate of drug-likeness (QED) is 0.771. The number of fused-ring (bicyclic) bond motifs is 1. The third kappa shape index (κ3) is 3.21. The van der Waals surface area contributed by atoms with Crippen molar-refractivity contribution < 1.29 is 8.42 Å². The Kier molecular flexibility index (Phi) is 4.22. The molecule has 132 valence electrons. The van der Waals surface area contributed by atoms with E-state index in [0.29, 0.717) is 0 Å². The van der Waals surface area contributed by atoms with Crippen LogP contribution in [-0.2, 0) is 23.0 Å². The molecule has 0 amide bonds. The summed E-state index contributed by atoms with van der Waals surface area (Å²) in [5, 5.41) is 5.17. The van der Waals surface area contributed by atoms with E-state index in [1.54, 1.807) is 24.5 Å². The van der Waals surface area contributed by atoms with Crippen LogP contribution in [0.4, 0.5) is 5.69 Å². The van der Waals surface area contributed by atoms with Gasteiger partial charge in [0.05, 0.1) is 4.90 Å². The molecule has 0 spiro atoms. The highest BCUT2D eigenvalue weighted by atomic mass is 32.2. The molecule has 6 heteroatoms. The SMILES string of the molecule is NS(=O)(=O)c1ccc(CN2CCc3cccc(-c4ccncc4)c32)cc1. The molecule has 3 aromatic rings. The fourth-order valence-corrected chi connectivity index (χ4v) is 3.98. The summed E-state index contributed by atoms with van der Waals surface area (Å²) in [5.74, 6) is 0. The minimum atomic E-state index is -3.66. The minimum Gasteiger partial charge on any atom is -0.366 e. The highest BCUT2D eigenvalue weighted by molar-refractivity contribution is 7.89. The lowest BCUT2D eigenvalue weighted by molar-refractivity contribution is 0.598. The number of anilines is 1. The summed E-state index contributed by atoms with van der Waals surface area (Å²) in [6.45, 7) is 1.66. The Morgan fingerprint density at radius 1 is 1.00 bits per heavy atom. The third-order valence-corrected chi connectivity index (χ3v) is 5.63. The monoisotopic (exact) mass is 365 g/mol. The number of primary sulfonamides is 1. The molecule has 5 nitrogen and oxygen atoms in total. The molecule has 0 fully saturated rings. The maximum Gasteiger partial charge on any atom is 0.238 e. The average Bonchev–Trinajstić information content (AvgIpc) is 3.05. The number of hydrogen-bond acceptors (Lipinski definition) is 4. The van der Waals surface area contributed by atoms with Crippen LogP contribution < -0.4 is 10.0 Å². The first-order valence-electron chi connectivity index (χ1n) is 8.41. The molecule has 2 N–H and O–H groups in total. The zero-order valence-corrected chi connectivity index (χ0v) is 15.0. The first-order chi connectivity index (χ1) is 12.5. The maximum absolute atomic E-state index is 11.4. The lowest BCUT2D eigenvalue weighted by atomic mass is 10.0.